The second-order valence-corrected chi connectivity index (χ2v) is 4.55. The van der Waals surface area contributed by atoms with Gasteiger partial charge in [-0.25, -0.2) is 9.97 Å². The van der Waals surface area contributed by atoms with E-state index in [1.807, 2.05) is 6.07 Å². The SMILES string of the molecule is CC(C)(C)c1ccnc2ncc(=O)[nH]c12. The van der Waals surface area contributed by atoms with E-state index in [1.165, 1.54) is 6.20 Å². The van der Waals surface area contributed by atoms with Gasteiger partial charge in [-0.1, -0.05) is 20.8 Å². The number of aromatic nitrogens is 3. The van der Waals surface area contributed by atoms with E-state index in [9.17, 15) is 4.79 Å². The zero-order chi connectivity index (χ0) is 11.1. The minimum atomic E-state index is -0.194. The normalized spacial score (nSPS) is 11.9. The van der Waals surface area contributed by atoms with Crippen molar-refractivity contribution in [3.63, 3.8) is 0 Å². The smallest absolute Gasteiger partial charge is 0.267 e. The summed E-state index contributed by atoms with van der Waals surface area (Å²) in [7, 11) is 0. The molecule has 2 rings (SSSR count). The number of nitrogens with one attached hydrogen (secondary N) is 1. The van der Waals surface area contributed by atoms with Gasteiger partial charge in [-0.2, -0.15) is 0 Å². The van der Waals surface area contributed by atoms with Crippen molar-refractivity contribution in [2.24, 2.45) is 0 Å². The molecule has 78 valence electrons. The van der Waals surface area contributed by atoms with Gasteiger partial charge >= 0.3 is 0 Å². The van der Waals surface area contributed by atoms with Crippen LogP contribution in [0.1, 0.15) is 26.3 Å². The molecule has 0 atom stereocenters. The maximum Gasteiger partial charge on any atom is 0.267 e. The first kappa shape index (κ1) is 9.83. The largest absolute Gasteiger partial charge is 0.318 e. The summed E-state index contributed by atoms with van der Waals surface area (Å²) in [6.07, 6.45) is 2.97. The first-order valence-electron chi connectivity index (χ1n) is 4.83. The van der Waals surface area contributed by atoms with Crippen LogP contribution in [0.2, 0.25) is 0 Å². The summed E-state index contributed by atoms with van der Waals surface area (Å²) in [6, 6.07) is 1.92. The molecule has 0 bridgehead atoms. The highest BCUT2D eigenvalue weighted by atomic mass is 16.1. The van der Waals surface area contributed by atoms with Gasteiger partial charge in [-0.05, 0) is 17.0 Å². The van der Waals surface area contributed by atoms with Crippen molar-refractivity contribution in [2.75, 3.05) is 0 Å². The number of hydrogen-bond acceptors (Lipinski definition) is 3. The molecule has 0 aliphatic rings. The second-order valence-electron chi connectivity index (χ2n) is 4.55. The fourth-order valence-electron chi connectivity index (χ4n) is 1.57. The first-order chi connectivity index (χ1) is 6.98. The molecule has 0 aliphatic carbocycles. The van der Waals surface area contributed by atoms with Gasteiger partial charge in [-0.3, -0.25) is 4.79 Å². The van der Waals surface area contributed by atoms with Gasteiger partial charge < -0.3 is 4.98 Å². The molecule has 0 fully saturated rings. The minimum absolute atomic E-state index is 0.0346. The number of H-pyrrole nitrogens is 1. The number of fused-ring (bicyclic) bond motifs is 1. The molecule has 4 nitrogen and oxygen atoms in total. The highest BCUT2D eigenvalue weighted by Gasteiger charge is 2.17. The summed E-state index contributed by atoms with van der Waals surface area (Å²) in [6.45, 7) is 6.27. The van der Waals surface area contributed by atoms with Gasteiger partial charge in [0.2, 0.25) is 0 Å². The van der Waals surface area contributed by atoms with Crippen molar-refractivity contribution in [1.82, 2.24) is 15.0 Å². The Kier molecular flexibility index (Phi) is 2.07. The molecule has 2 aromatic rings. The third-order valence-electron chi connectivity index (χ3n) is 2.29. The first-order valence-corrected chi connectivity index (χ1v) is 4.83. The van der Waals surface area contributed by atoms with Gasteiger partial charge in [0.25, 0.3) is 5.56 Å². The Hall–Kier alpha value is -1.71. The summed E-state index contributed by atoms with van der Waals surface area (Å²) >= 11 is 0. The second kappa shape index (κ2) is 3.15. The van der Waals surface area contributed by atoms with Crippen molar-refractivity contribution in [3.05, 3.63) is 34.4 Å². The third-order valence-corrected chi connectivity index (χ3v) is 2.29. The maximum absolute atomic E-state index is 11.2. The van der Waals surface area contributed by atoms with Crippen LogP contribution in [0, 0.1) is 0 Å². The minimum Gasteiger partial charge on any atom is -0.318 e. The monoisotopic (exact) mass is 203 g/mol. The van der Waals surface area contributed by atoms with Crippen LogP contribution in [0.5, 0.6) is 0 Å². The Morgan fingerprint density at radius 3 is 2.67 bits per heavy atom. The number of hydrogen-bond donors (Lipinski definition) is 1. The molecule has 0 amide bonds. The van der Waals surface area contributed by atoms with Gasteiger partial charge in [0.1, 0.15) is 0 Å². The van der Waals surface area contributed by atoms with Crippen LogP contribution < -0.4 is 5.56 Å². The molecule has 0 spiro atoms. The van der Waals surface area contributed by atoms with E-state index in [2.05, 4.69) is 35.7 Å². The van der Waals surface area contributed by atoms with E-state index in [-0.39, 0.29) is 11.0 Å². The fourth-order valence-corrected chi connectivity index (χ4v) is 1.57. The predicted octanol–water partition coefficient (Wildman–Crippen LogP) is 1.62. The Balaban J connectivity index is 2.86. The van der Waals surface area contributed by atoms with E-state index in [4.69, 9.17) is 0 Å². The topological polar surface area (TPSA) is 58.6 Å². The lowest BCUT2D eigenvalue weighted by atomic mass is 9.87. The molecular weight excluding hydrogens is 190 g/mol. The summed E-state index contributed by atoms with van der Waals surface area (Å²) in [5.74, 6) is 0. The van der Waals surface area contributed by atoms with Crippen LogP contribution in [0.25, 0.3) is 11.2 Å². The van der Waals surface area contributed by atoms with Crippen molar-refractivity contribution >= 4 is 11.2 Å². The molecule has 0 aromatic carbocycles. The van der Waals surface area contributed by atoms with E-state index in [0.29, 0.717) is 5.65 Å². The summed E-state index contributed by atoms with van der Waals surface area (Å²) in [4.78, 5) is 22.1. The van der Waals surface area contributed by atoms with Crippen molar-refractivity contribution in [1.29, 1.82) is 0 Å². The van der Waals surface area contributed by atoms with Crippen LogP contribution in [-0.2, 0) is 5.41 Å². The van der Waals surface area contributed by atoms with E-state index in [1.54, 1.807) is 6.20 Å². The molecule has 0 aliphatic heterocycles. The van der Waals surface area contributed by atoms with Gasteiger partial charge in [-0.15, -0.1) is 0 Å². The summed E-state index contributed by atoms with van der Waals surface area (Å²) < 4.78 is 0. The lowest BCUT2D eigenvalue weighted by molar-refractivity contribution is 0.593. The Labute approximate surface area is 87.4 Å². The molecular formula is C11H13N3O. The third kappa shape index (κ3) is 1.75. The van der Waals surface area contributed by atoms with Crippen LogP contribution in [0.3, 0.4) is 0 Å². The average Bonchev–Trinajstić information content (AvgIpc) is 2.15. The van der Waals surface area contributed by atoms with Gasteiger partial charge in [0.15, 0.2) is 5.65 Å². The quantitative estimate of drug-likeness (QED) is 0.707. The zero-order valence-electron chi connectivity index (χ0n) is 9.03. The highest BCUT2D eigenvalue weighted by Crippen LogP contribution is 2.25. The van der Waals surface area contributed by atoms with E-state index < -0.39 is 0 Å². The summed E-state index contributed by atoms with van der Waals surface area (Å²) in [5, 5.41) is 0. The average molecular weight is 203 g/mol. The van der Waals surface area contributed by atoms with Crippen LogP contribution in [-0.4, -0.2) is 15.0 Å². The van der Waals surface area contributed by atoms with Gasteiger partial charge in [0.05, 0.1) is 11.7 Å². The van der Waals surface area contributed by atoms with Crippen LogP contribution >= 0.6 is 0 Å². The molecule has 2 aromatic heterocycles. The van der Waals surface area contributed by atoms with Crippen LogP contribution in [0.15, 0.2) is 23.3 Å². The van der Waals surface area contributed by atoms with E-state index in [0.717, 1.165) is 11.1 Å². The zero-order valence-corrected chi connectivity index (χ0v) is 9.03. The Morgan fingerprint density at radius 2 is 2.00 bits per heavy atom. The lowest BCUT2D eigenvalue weighted by Crippen LogP contribution is -2.15. The molecule has 2 heterocycles. The van der Waals surface area contributed by atoms with Crippen molar-refractivity contribution < 1.29 is 0 Å². The molecule has 4 heteroatoms. The Bertz CT molecular complexity index is 551. The molecule has 0 saturated carbocycles. The number of aromatic amines is 1. The summed E-state index contributed by atoms with van der Waals surface area (Å²) in [5.41, 5.74) is 2.14. The molecule has 0 radical (unpaired) electrons. The van der Waals surface area contributed by atoms with Crippen molar-refractivity contribution in [2.45, 2.75) is 26.2 Å². The van der Waals surface area contributed by atoms with E-state index >= 15 is 0 Å². The maximum atomic E-state index is 11.2. The highest BCUT2D eigenvalue weighted by molar-refractivity contribution is 5.74. The number of pyridine rings is 1. The molecule has 1 N–H and O–H groups in total. The molecule has 0 saturated heterocycles. The van der Waals surface area contributed by atoms with Crippen LogP contribution in [0.4, 0.5) is 0 Å². The molecule has 0 unspecified atom stereocenters. The predicted molar refractivity (Wildman–Crippen MR) is 58.9 cm³/mol. The number of nitrogens with zero attached hydrogens (tertiary/aromatic N) is 2. The molecule has 15 heavy (non-hydrogen) atoms. The fraction of sp³-hybridized carbons (Fsp3) is 0.364. The lowest BCUT2D eigenvalue weighted by Gasteiger charge is -2.19. The number of rotatable bonds is 0. The van der Waals surface area contributed by atoms with Crippen molar-refractivity contribution in [3.8, 4) is 0 Å². The van der Waals surface area contributed by atoms with Gasteiger partial charge in [0, 0.05) is 6.20 Å². The standard InChI is InChI=1S/C11H13N3O/c1-11(2,3)7-4-5-12-10-9(7)14-8(15)6-13-10/h4-6H,1-3H3,(H,14,15). The Morgan fingerprint density at radius 1 is 1.27 bits per heavy atom.